The van der Waals surface area contributed by atoms with Crippen LogP contribution in [0.4, 0.5) is 0 Å². The molecule has 124 valence electrons. The molecule has 0 heterocycles. The van der Waals surface area contributed by atoms with Gasteiger partial charge in [-0.05, 0) is 32.3 Å². The van der Waals surface area contributed by atoms with Crippen molar-refractivity contribution in [2.45, 2.75) is 79.2 Å². The minimum atomic E-state index is -0.248. The lowest BCUT2D eigenvalue weighted by Crippen LogP contribution is -2.28. The van der Waals surface area contributed by atoms with Crippen molar-refractivity contribution in [2.24, 2.45) is 5.41 Å². The maximum absolute atomic E-state index is 12.4. The van der Waals surface area contributed by atoms with Gasteiger partial charge in [0, 0.05) is 23.8 Å². The van der Waals surface area contributed by atoms with E-state index in [1.807, 2.05) is 39.0 Å². The van der Waals surface area contributed by atoms with Gasteiger partial charge in [-0.25, -0.2) is 0 Å². The van der Waals surface area contributed by atoms with Crippen LogP contribution in [0.5, 0.6) is 5.75 Å². The first-order chi connectivity index (χ1) is 9.80. The van der Waals surface area contributed by atoms with E-state index in [-0.39, 0.29) is 16.4 Å². The van der Waals surface area contributed by atoms with Gasteiger partial charge < -0.3 is 4.74 Å². The molecule has 1 rings (SSSR count). The minimum Gasteiger partial charge on any atom is -0.488 e. The van der Waals surface area contributed by atoms with Crippen LogP contribution in [0.2, 0.25) is 0 Å². The Balaban J connectivity index is 3.00. The summed E-state index contributed by atoms with van der Waals surface area (Å²) in [7, 11) is 0. The predicted octanol–water partition coefficient (Wildman–Crippen LogP) is 5.54. The van der Waals surface area contributed by atoms with Crippen LogP contribution in [-0.4, -0.2) is 11.4 Å². The maximum atomic E-state index is 12.4. The Hall–Kier alpha value is -1.31. The van der Waals surface area contributed by atoms with Crippen molar-refractivity contribution < 1.29 is 9.53 Å². The summed E-state index contributed by atoms with van der Waals surface area (Å²) >= 11 is 0. The van der Waals surface area contributed by atoms with Gasteiger partial charge >= 0.3 is 0 Å². The molecular formula is C20H32O2. The molecule has 0 fully saturated rings. The summed E-state index contributed by atoms with van der Waals surface area (Å²) in [5.74, 6) is 1.19. The largest absolute Gasteiger partial charge is 0.488 e. The highest BCUT2D eigenvalue weighted by Gasteiger charge is 2.30. The molecule has 0 aromatic heterocycles. The molecule has 22 heavy (non-hydrogen) atoms. The zero-order chi connectivity index (χ0) is 17.2. The van der Waals surface area contributed by atoms with E-state index in [2.05, 4.69) is 40.7 Å². The third-order valence-corrected chi connectivity index (χ3v) is 3.40. The monoisotopic (exact) mass is 304 g/mol. The second kappa shape index (κ2) is 6.44. The number of ether oxygens (including phenoxy) is 1. The standard InChI is InChI=1S/C20H32O2/c1-18(2,3)13-15(21)14-20(7,8)16-11-9-10-12-17(16)22-19(4,5)6/h9-12H,13-14H2,1-8H3. The van der Waals surface area contributed by atoms with E-state index < -0.39 is 0 Å². The molecule has 0 radical (unpaired) electrons. The summed E-state index contributed by atoms with van der Waals surface area (Å²) in [5, 5.41) is 0. The lowest BCUT2D eigenvalue weighted by Gasteiger charge is -2.31. The van der Waals surface area contributed by atoms with Crippen LogP contribution < -0.4 is 4.74 Å². The molecule has 0 N–H and O–H groups in total. The first kappa shape index (κ1) is 18.7. The molecule has 2 nitrogen and oxygen atoms in total. The highest BCUT2D eigenvalue weighted by Crippen LogP contribution is 2.37. The second-order valence-corrected chi connectivity index (χ2v) is 9.05. The highest BCUT2D eigenvalue weighted by atomic mass is 16.5. The third-order valence-electron chi connectivity index (χ3n) is 3.40. The number of carbonyl (C=O) groups excluding carboxylic acids is 1. The van der Waals surface area contributed by atoms with Crippen LogP contribution in [0.25, 0.3) is 0 Å². The van der Waals surface area contributed by atoms with E-state index in [0.29, 0.717) is 18.6 Å². The lowest BCUT2D eigenvalue weighted by atomic mass is 9.77. The van der Waals surface area contributed by atoms with E-state index in [1.165, 1.54) is 0 Å². The first-order valence-electron chi connectivity index (χ1n) is 8.10. The Morgan fingerprint density at radius 2 is 1.45 bits per heavy atom. The second-order valence-electron chi connectivity index (χ2n) is 9.05. The zero-order valence-corrected chi connectivity index (χ0v) is 15.5. The van der Waals surface area contributed by atoms with Gasteiger partial charge in [-0.3, -0.25) is 4.79 Å². The SMILES string of the molecule is CC(C)(C)CC(=O)CC(C)(C)c1ccccc1OC(C)(C)C. The minimum absolute atomic E-state index is 0.0363. The van der Waals surface area contributed by atoms with E-state index in [1.54, 1.807) is 0 Å². The van der Waals surface area contributed by atoms with E-state index in [9.17, 15) is 4.79 Å². The fraction of sp³-hybridized carbons (Fsp3) is 0.650. The number of hydrogen-bond donors (Lipinski definition) is 0. The quantitative estimate of drug-likeness (QED) is 0.714. The summed E-state index contributed by atoms with van der Waals surface area (Å²) in [6, 6.07) is 8.07. The van der Waals surface area contributed by atoms with Crippen molar-refractivity contribution >= 4 is 5.78 Å². The molecule has 0 bridgehead atoms. The molecule has 0 aliphatic rings. The third kappa shape index (κ3) is 6.21. The number of benzene rings is 1. The molecule has 1 aromatic carbocycles. The fourth-order valence-corrected chi connectivity index (χ4v) is 2.69. The van der Waals surface area contributed by atoms with Crippen LogP contribution in [-0.2, 0) is 10.2 Å². The molecule has 0 saturated heterocycles. The number of Topliss-reactive ketones (excluding diaryl/α,β-unsaturated/α-hetero) is 1. The molecule has 0 aliphatic carbocycles. The average Bonchev–Trinajstić information content (AvgIpc) is 2.23. The number of hydrogen-bond acceptors (Lipinski definition) is 2. The number of para-hydroxylation sites is 1. The van der Waals surface area contributed by atoms with Crippen molar-refractivity contribution in [2.75, 3.05) is 0 Å². The van der Waals surface area contributed by atoms with Crippen molar-refractivity contribution in [3.8, 4) is 5.75 Å². The van der Waals surface area contributed by atoms with Gasteiger partial charge in [0.25, 0.3) is 0 Å². The molecule has 0 saturated carbocycles. The Bertz CT molecular complexity index is 513. The molecular weight excluding hydrogens is 272 g/mol. The lowest BCUT2D eigenvalue weighted by molar-refractivity contribution is -0.121. The summed E-state index contributed by atoms with van der Waals surface area (Å²) in [4.78, 5) is 12.4. The first-order valence-corrected chi connectivity index (χ1v) is 8.10. The average molecular weight is 304 g/mol. The molecule has 0 spiro atoms. The van der Waals surface area contributed by atoms with Gasteiger partial charge in [-0.1, -0.05) is 52.8 Å². The van der Waals surface area contributed by atoms with Crippen molar-refractivity contribution in [3.63, 3.8) is 0 Å². The van der Waals surface area contributed by atoms with Gasteiger partial charge in [0.2, 0.25) is 0 Å². The maximum Gasteiger partial charge on any atom is 0.134 e. The molecule has 0 amide bonds. The van der Waals surface area contributed by atoms with Crippen molar-refractivity contribution in [1.82, 2.24) is 0 Å². The molecule has 1 aromatic rings. The Morgan fingerprint density at radius 1 is 0.909 bits per heavy atom. The Kier molecular flexibility index (Phi) is 5.48. The molecule has 0 atom stereocenters. The Morgan fingerprint density at radius 3 is 1.95 bits per heavy atom. The Labute approximate surface area is 136 Å². The van der Waals surface area contributed by atoms with Gasteiger partial charge in [0.1, 0.15) is 17.1 Å². The van der Waals surface area contributed by atoms with E-state index in [0.717, 1.165) is 11.3 Å². The van der Waals surface area contributed by atoms with Gasteiger partial charge in [-0.15, -0.1) is 0 Å². The zero-order valence-electron chi connectivity index (χ0n) is 15.5. The van der Waals surface area contributed by atoms with Crippen LogP contribution in [0.3, 0.4) is 0 Å². The van der Waals surface area contributed by atoms with Crippen LogP contribution >= 0.6 is 0 Å². The van der Waals surface area contributed by atoms with Crippen molar-refractivity contribution in [3.05, 3.63) is 29.8 Å². The van der Waals surface area contributed by atoms with Gasteiger partial charge in [-0.2, -0.15) is 0 Å². The predicted molar refractivity (Wildman–Crippen MR) is 93.5 cm³/mol. The summed E-state index contributed by atoms with van der Waals surface area (Å²) in [6.45, 7) is 16.7. The summed E-state index contributed by atoms with van der Waals surface area (Å²) < 4.78 is 6.09. The topological polar surface area (TPSA) is 26.3 Å². The van der Waals surface area contributed by atoms with E-state index >= 15 is 0 Å². The number of carbonyl (C=O) groups is 1. The van der Waals surface area contributed by atoms with Gasteiger partial charge in [0.15, 0.2) is 0 Å². The number of rotatable bonds is 5. The van der Waals surface area contributed by atoms with Gasteiger partial charge in [0.05, 0.1) is 0 Å². The smallest absolute Gasteiger partial charge is 0.134 e. The van der Waals surface area contributed by atoms with Crippen LogP contribution in [0.15, 0.2) is 24.3 Å². The van der Waals surface area contributed by atoms with Crippen molar-refractivity contribution in [1.29, 1.82) is 0 Å². The molecule has 0 unspecified atom stereocenters. The molecule has 0 aliphatic heterocycles. The fourth-order valence-electron chi connectivity index (χ4n) is 2.69. The summed E-state index contributed by atoms with van der Waals surface area (Å²) in [6.07, 6.45) is 1.15. The van der Waals surface area contributed by atoms with Crippen LogP contribution in [0.1, 0.15) is 73.8 Å². The number of ketones is 1. The summed E-state index contributed by atoms with van der Waals surface area (Å²) in [5.41, 5.74) is 0.660. The van der Waals surface area contributed by atoms with E-state index in [4.69, 9.17) is 4.74 Å². The van der Waals surface area contributed by atoms with Crippen LogP contribution in [0, 0.1) is 5.41 Å². The normalized spacial score (nSPS) is 13.1. The highest BCUT2D eigenvalue weighted by molar-refractivity contribution is 5.80. The molecule has 2 heteroatoms.